The van der Waals surface area contributed by atoms with Crippen LogP contribution in [0.25, 0.3) is 21.9 Å². The molecule has 0 saturated carbocycles. The maximum Gasteiger partial charge on any atom is -0.0279 e. The number of benzene rings is 2. The SMILES string of the molecule is CC1=[C-]C(C)C(C)=C1C.C[Si](C)=[Zr+2].Cc1[cH-]c2cccc(-c3ccccc3)c2c1C.Cl.Cl. The topological polar surface area (TPSA) is 0 Å². The van der Waals surface area contributed by atoms with Gasteiger partial charge in [-0.3, -0.25) is 6.08 Å². The summed E-state index contributed by atoms with van der Waals surface area (Å²) in [5.41, 5.74) is 9.88. The molecule has 0 radical (unpaired) electrons. The fourth-order valence-corrected chi connectivity index (χ4v) is 3.67. The van der Waals surface area contributed by atoms with Crippen molar-refractivity contribution in [1.82, 2.24) is 0 Å². The molecule has 1 unspecified atom stereocenters. The summed E-state index contributed by atoms with van der Waals surface area (Å²) in [6.45, 7) is 17.7. The fraction of sp³-hybridized carbons (Fsp3) is 0.321. The summed E-state index contributed by atoms with van der Waals surface area (Å²) in [6, 6.07) is 19.4. The summed E-state index contributed by atoms with van der Waals surface area (Å²) in [5.74, 6) is 0.560. The Bertz CT molecular complexity index is 1090. The average Bonchev–Trinajstić information content (AvgIpc) is 3.12. The Hall–Kier alpha value is -0.790. The van der Waals surface area contributed by atoms with Gasteiger partial charge in [0.1, 0.15) is 0 Å². The molecule has 0 saturated heterocycles. The molecule has 0 bridgehead atoms. The van der Waals surface area contributed by atoms with Crippen molar-refractivity contribution in [2.45, 2.75) is 54.6 Å². The number of rotatable bonds is 1. The molecule has 0 amide bonds. The molecular formula is C28H36Cl2SiZr. The van der Waals surface area contributed by atoms with Crippen molar-refractivity contribution in [3.63, 3.8) is 0 Å². The fourth-order valence-electron chi connectivity index (χ4n) is 3.67. The van der Waals surface area contributed by atoms with Crippen LogP contribution in [0, 0.1) is 25.8 Å². The van der Waals surface area contributed by atoms with Crippen LogP contribution in [0.1, 0.15) is 38.8 Å². The van der Waals surface area contributed by atoms with Crippen molar-refractivity contribution in [2.24, 2.45) is 5.92 Å². The molecule has 1 aliphatic rings. The quantitative estimate of drug-likeness (QED) is 0.205. The second-order valence-electron chi connectivity index (χ2n) is 8.39. The van der Waals surface area contributed by atoms with Gasteiger partial charge in [0.15, 0.2) is 0 Å². The first-order valence-corrected chi connectivity index (χ1v) is 16.8. The normalized spacial score (nSPS) is 14.3. The maximum absolute atomic E-state index is 3.36. The second-order valence-corrected chi connectivity index (χ2v) is 17.8. The van der Waals surface area contributed by atoms with Gasteiger partial charge in [0.05, 0.1) is 0 Å². The van der Waals surface area contributed by atoms with E-state index >= 15 is 0 Å². The molecule has 3 aromatic carbocycles. The van der Waals surface area contributed by atoms with Crippen LogP contribution in [-0.2, 0) is 23.3 Å². The minimum absolute atomic E-state index is 0. The molecule has 0 N–H and O–H groups in total. The third kappa shape index (κ3) is 8.21. The number of aryl methyl sites for hydroxylation is 2. The van der Waals surface area contributed by atoms with Gasteiger partial charge >= 0.3 is 41.9 Å². The third-order valence-corrected chi connectivity index (χ3v) is 5.76. The zero-order valence-corrected chi connectivity index (χ0v) is 25.7. The van der Waals surface area contributed by atoms with Crippen LogP contribution in [0.4, 0.5) is 0 Å². The predicted molar refractivity (Wildman–Crippen MR) is 146 cm³/mol. The molecule has 4 heteroatoms. The molecule has 170 valence electrons. The van der Waals surface area contributed by atoms with E-state index in [0.717, 1.165) is 0 Å². The van der Waals surface area contributed by atoms with E-state index in [9.17, 15) is 0 Å². The molecule has 0 nitrogen and oxygen atoms in total. The maximum atomic E-state index is 3.36. The van der Waals surface area contributed by atoms with Crippen LogP contribution >= 0.6 is 24.8 Å². The van der Waals surface area contributed by atoms with Crippen molar-refractivity contribution in [3.05, 3.63) is 88.5 Å². The van der Waals surface area contributed by atoms with E-state index in [4.69, 9.17) is 0 Å². The Kier molecular flexibility index (Phi) is 14.1. The molecule has 1 aliphatic carbocycles. The van der Waals surface area contributed by atoms with Crippen LogP contribution in [0.5, 0.6) is 0 Å². The summed E-state index contributed by atoms with van der Waals surface area (Å²) in [6.07, 6.45) is 3.36. The van der Waals surface area contributed by atoms with Crippen LogP contribution < -0.4 is 0 Å². The van der Waals surface area contributed by atoms with Gasteiger partial charge in [-0.1, -0.05) is 82.5 Å². The van der Waals surface area contributed by atoms with E-state index in [-0.39, 0.29) is 30.2 Å². The Morgan fingerprint density at radius 2 is 1.44 bits per heavy atom. The van der Waals surface area contributed by atoms with Crippen LogP contribution in [0.3, 0.4) is 0 Å². The average molecular weight is 563 g/mol. The van der Waals surface area contributed by atoms with Crippen molar-refractivity contribution < 1.29 is 23.3 Å². The standard InChI is InChI=1S/C17H15.C9H13.C2H6Si.2ClH.Zr/c1-12-11-15-9-6-10-16(17(15)13(12)2)14-7-4-3-5-8-14;1-6-5-7(2)9(4)8(6)3;1-3-2;;;/h3-11H,1-2H3;6H,1-4H3;1-2H3;2*1H;/q2*-1;;;;+2. The number of halogens is 2. The Labute approximate surface area is 223 Å². The van der Waals surface area contributed by atoms with Crippen molar-refractivity contribution in [1.29, 1.82) is 0 Å². The van der Waals surface area contributed by atoms with Crippen molar-refractivity contribution >= 4 is 41.0 Å². The molecule has 32 heavy (non-hydrogen) atoms. The first-order valence-electron chi connectivity index (χ1n) is 10.6. The molecule has 0 aromatic heterocycles. The van der Waals surface area contributed by atoms with Gasteiger partial charge in [0, 0.05) is 0 Å². The number of allylic oxidation sites excluding steroid dienone is 4. The van der Waals surface area contributed by atoms with E-state index < -0.39 is 0 Å². The van der Waals surface area contributed by atoms with Gasteiger partial charge in [0.25, 0.3) is 0 Å². The first kappa shape index (κ1) is 31.2. The minimum Gasteiger partial charge on any atom is -0.153 e. The van der Waals surface area contributed by atoms with Crippen molar-refractivity contribution in [3.8, 4) is 11.1 Å². The Balaban J connectivity index is 0.000000547. The molecule has 1 atom stereocenters. The number of fused-ring (bicyclic) bond motifs is 1. The van der Waals surface area contributed by atoms with Crippen LogP contribution in [-0.4, -0.2) is 5.43 Å². The van der Waals surface area contributed by atoms with E-state index in [1.54, 1.807) is 23.3 Å². The number of hydrogen-bond donors (Lipinski definition) is 0. The van der Waals surface area contributed by atoms with E-state index in [1.807, 2.05) is 0 Å². The van der Waals surface area contributed by atoms with Gasteiger partial charge in [-0.2, -0.15) is 16.7 Å². The molecule has 0 fully saturated rings. The van der Waals surface area contributed by atoms with Gasteiger partial charge in [-0.25, -0.2) is 5.57 Å². The molecule has 4 rings (SSSR count). The molecule has 0 heterocycles. The van der Waals surface area contributed by atoms with Gasteiger partial charge in [-0.05, 0) is 5.56 Å². The molecule has 3 aromatic rings. The van der Waals surface area contributed by atoms with Crippen molar-refractivity contribution in [2.75, 3.05) is 0 Å². The zero-order valence-electron chi connectivity index (χ0n) is 20.6. The Morgan fingerprint density at radius 1 is 0.875 bits per heavy atom. The minimum atomic E-state index is 0. The van der Waals surface area contributed by atoms with Gasteiger partial charge in [0.2, 0.25) is 0 Å². The summed E-state index contributed by atoms with van der Waals surface area (Å²) in [4.78, 5) is 0. The second kappa shape index (κ2) is 14.5. The molecule has 0 spiro atoms. The monoisotopic (exact) mass is 560 g/mol. The largest absolute Gasteiger partial charge is 0.153 e. The van der Waals surface area contributed by atoms with E-state index in [1.165, 1.54) is 49.7 Å². The summed E-state index contributed by atoms with van der Waals surface area (Å²) in [7, 11) is 0. The summed E-state index contributed by atoms with van der Waals surface area (Å²) in [5, 5.41) is 2.75. The summed E-state index contributed by atoms with van der Waals surface area (Å²) >= 11 is 1.74. The summed E-state index contributed by atoms with van der Waals surface area (Å²) < 4.78 is 0. The number of hydrogen-bond acceptors (Lipinski definition) is 0. The Morgan fingerprint density at radius 3 is 1.88 bits per heavy atom. The molecular weight excluding hydrogens is 527 g/mol. The third-order valence-electron chi connectivity index (χ3n) is 5.76. The zero-order chi connectivity index (χ0) is 22.4. The van der Waals surface area contributed by atoms with E-state index in [2.05, 4.69) is 115 Å². The first-order chi connectivity index (χ1) is 14.1. The van der Waals surface area contributed by atoms with Crippen LogP contribution in [0.15, 0.2) is 71.3 Å². The van der Waals surface area contributed by atoms with Crippen LogP contribution in [0.2, 0.25) is 13.1 Å². The van der Waals surface area contributed by atoms with Gasteiger partial charge < -0.3 is 0 Å². The molecule has 0 aliphatic heterocycles. The van der Waals surface area contributed by atoms with Gasteiger partial charge in [-0.15, -0.1) is 66.3 Å². The predicted octanol–water partition coefficient (Wildman–Crippen LogP) is 9.19. The van der Waals surface area contributed by atoms with E-state index in [0.29, 0.717) is 5.92 Å². The smallest absolute Gasteiger partial charge is 0.0279 e.